The first-order valence-corrected chi connectivity index (χ1v) is 4.85. The third-order valence-electron chi connectivity index (χ3n) is 1.97. The molecule has 0 aliphatic rings. The number of hydrogen-bond acceptors (Lipinski definition) is 5. The average molecular weight is 223 g/mol. The van der Waals surface area contributed by atoms with E-state index in [1.807, 2.05) is 6.07 Å². The number of carbonyl (C=O) groups excluding carboxylic acids is 1. The lowest BCUT2D eigenvalue weighted by molar-refractivity contribution is 0.0511. The molecule has 1 rings (SSSR count). The molecule has 6 nitrogen and oxygen atoms in total. The summed E-state index contributed by atoms with van der Waals surface area (Å²) in [5.41, 5.74) is 0.384. The Morgan fingerprint density at radius 2 is 2.50 bits per heavy atom. The minimum absolute atomic E-state index is 0.0621. The summed E-state index contributed by atoms with van der Waals surface area (Å²) in [6.45, 7) is 1.93. The lowest BCUT2D eigenvalue weighted by Gasteiger charge is -2.05. The highest BCUT2D eigenvalue weighted by Crippen LogP contribution is 2.20. The Kier molecular flexibility index (Phi) is 4.03. The summed E-state index contributed by atoms with van der Waals surface area (Å²) >= 11 is 0. The number of aromatic nitrogens is 2. The molecule has 0 saturated heterocycles. The standard InChI is InChI=1S/C10H13N3O3/c1-3-16-10(15)9-7(6-13(2)12-9)8(14)4-5-11/h6,8,14H,3-4H2,1-2H3. The van der Waals surface area contributed by atoms with E-state index < -0.39 is 12.1 Å². The molecular formula is C10H13N3O3. The van der Waals surface area contributed by atoms with Crippen LogP contribution in [0.15, 0.2) is 6.20 Å². The topological polar surface area (TPSA) is 88.1 Å². The smallest absolute Gasteiger partial charge is 0.359 e. The molecule has 0 bridgehead atoms. The minimum Gasteiger partial charge on any atom is -0.461 e. The van der Waals surface area contributed by atoms with Gasteiger partial charge in [-0.3, -0.25) is 4.68 Å². The monoisotopic (exact) mass is 223 g/mol. The summed E-state index contributed by atoms with van der Waals surface area (Å²) in [6, 6.07) is 1.83. The Morgan fingerprint density at radius 1 is 1.81 bits per heavy atom. The van der Waals surface area contributed by atoms with Crippen LogP contribution in [0, 0.1) is 11.3 Å². The van der Waals surface area contributed by atoms with Gasteiger partial charge in [0.15, 0.2) is 5.69 Å². The van der Waals surface area contributed by atoms with Crippen molar-refractivity contribution in [3.8, 4) is 6.07 Å². The predicted octanol–water partition coefficient (Wildman–Crippen LogP) is 0.544. The summed E-state index contributed by atoms with van der Waals surface area (Å²) in [6.07, 6.45) is 0.407. The molecule has 0 aromatic carbocycles. The molecule has 1 atom stereocenters. The van der Waals surface area contributed by atoms with Crippen molar-refractivity contribution in [2.45, 2.75) is 19.4 Å². The van der Waals surface area contributed by atoms with E-state index in [9.17, 15) is 9.90 Å². The second kappa shape index (κ2) is 5.28. The predicted molar refractivity (Wildman–Crippen MR) is 54.4 cm³/mol. The average Bonchev–Trinajstić information content (AvgIpc) is 2.61. The summed E-state index contributed by atoms with van der Waals surface area (Å²) in [5, 5.41) is 22.0. The zero-order chi connectivity index (χ0) is 12.1. The molecule has 1 aromatic heterocycles. The Hall–Kier alpha value is -1.87. The van der Waals surface area contributed by atoms with E-state index in [0.29, 0.717) is 5.56 Å². The number of ether oxygens (including phenoxy) is 1. The summed E-state index contributed by atoms with van der Waals surface area (Å²) in [5.74, 6) is -0.588. The molecule has 0 fully saturated rings. The van der Waals surface area contributed by atoms with Crippen LogP contribution >= 0.6 is 0 Å². The molecule has 0 aliphatic carbocycles. The molecule has 1 aromatic rings. The van der Waals surface area contributed by atoms with Crippen LogP contribution in [0.5, 0.6) is 0 Å². The molecule has 16 heavy (non-hydrogen) atoms. The quantitative estimate of drug-likeness (QED) is 0.753. The van der Waals surface area contributed by atoms with Gasteiger partial charge in [0.1, 0.15) is 0 Å². The van der Waals surface area contributed by atoms with E-state index in [-0.39, 0.29) is 18.7 Å². The zero-order valence-electron chi connectivity index (χ0n) is 9.17. The Bertz CT molecular complexity index is 419. The van der Waals surface area contributed by atoms with Crippen LogP contribution in [0.2, 0.25) is 0 Å². The number of aliphatic hydroxyl groups is 1. The van der Waals surface area contributed by atoms with Crippen LogP contribution in [0.25, 0.3) is 0 Å². The van der Waals surface area contributed by atoms with Gasteiger partial charge in [0.2, 0.25) is 0 Å². The zero-order valence-corrected chi connectivity index (χ0v) is 9.17. The van der Waals surface area contributed by atoms with Crippen molar-refractivity contribution in [1.29, 1.82) is 5.26 Å². The number of hydrogen-bond donors (Lipinski definition) is 1. The SMILES string of the molecule is CCOC(=O)c1nn(C)cc1C(O)CC#N. The summed E-state index contributed by atoms with van der Waals surface area (Å²) < 4.78 is 6.21. The highest BCUT2D eigenvalue weighted by atomic mass is 16.5. The molecule has 1 heterocycles. The molecule has 6 heteroatoms. The van der Waals surface area contributed by atoms with Crippen molar-refractivity contribution in [3.63, 3.8) is 0 Å². The van der Waals surface area contributed by atoms with Crippen LogP contribution < -0.4 is 0 Å². The van der Waals surface area contributed by atoms with E-state index in [0.717, 1.165) is 0 Å². The van der Waals surface area contributed by atoms with E-state index in [1.165, 1.54) is 10.9 Å². The van der Waals surface area contributed by atoms with Crippen LogP contribution in [-0.4, -0.2) is 27.5 Å². The minimum atomic E-state index is -1.02. The molecule has 0 radical (unpaired) electrons. The molecule has 86 valence electrons. The van der Waals surface area contributed by atoms with Crippen LogP contribution in [-0.2, 0) is 11.8 Å². The lowest BCUT2D eigenvalue weighted by atomic mass is 10.1. The van der Waals surface area contributed by atoms with E-state index in [2.05, 4.69) is 5.10 Å². The fourth-order valence-electron chi connectivity index (χ4n) is 1.31. The van der Waals surface area contributed by atoms with Crippen molar-refractivity contribution in [1.82, 2.24) is 9.78 Å². The summed E-state index contributed by atoms with van der Waals surface area (Å²) in [4.78, 5) is 11.5. The highest BCUT2D eigenvalue weighted by molar-refractivity contribution is 5.88. The first-order valence-electron chi connectivity index (χ1n) is 4.85. The van der Waals surface area contributed by atoms with E-state index >= 15 is 0 Å². The van der Waals surface area contributed by atoms with Gasteiger partial charge < -0.3 is 9.84 Å². The van der Waals surface area contributed by atoms with Crippen molar-refractivity contribution >= 4 is 5.97 Å². The first-order chi connectivity index (χ1) is 7.60. The number of nitrogens with zero attached hydrogens (tertiary/aromatic N) is 3. The third-order valence-corrected chi connectivity index (χ3v) is 1.97. The van der Waals surface area contributed by atoms with Gasteiger partial charge in [-0.25, -0.2) is 4.79 Å². The first kappa shape index (κ1) is 12.2. The number of rotatable bonds is 4. The maximum absolute atomic E-state index is 11.5. The van der Waals surface area contributed by atoms with Gasteiger partial charge >= 0.3 is 5.97 Å². The van der Waals surface area contributed by atoms with Gasteiger partial charge in [-0.2, -0.15) is 10.4 Å². The van der Waals surface area contributed by atoms with Gasteiger partial charge in [-0.1, -0.05) is 0 Å². The van der Waals surface area contributed by atoms with Crippen LogP contribution in [0.4, 0.5) is 0 Å². The molecule has 1 N–H and O–H groups in total. The number of esters is 1. The fourth-order valence-corrected chi connectivity index (χ4v) is 1.31. The van der Waals surface area contributed by atoms with Crippen LogP contribution in [0.3, 0.4) is 0 Å². The Morgan fingerprint density at radius 3 is 3.06 bits per heavy atom. The fraction of sp³-hybridized carbons (Fsp3) is 0.500. The maximum Gasteiger partial charge on any atom is 0.359 e. The van der Waals surface area contributed by atoms with Gasteiger partial charge in [0, 0.05) is 18.8 Å². The van der Waals surface area contributed by atoms with Crippen LogP contribution in [0.1, 0.15) is 35.5 Å². The van der Waals surface area contributed by atoms with Gasteiger partial charge in [-0.15, -0.1) is 0 Å². The molecule has 0 saturated carbocycles. The van der Waals surface area contributed by atoms with E-state index in [4.69, 9.17) is 10.00 Å². The number of aryl methyl sites for hydroxylation is 1. The van der Waals surface area contributed by atoms with Gasteiger partial charge in [-0.05, 0) is 6.92 Å². The number of aliphatic hydroxyl groups excluding tert-OH is 1. The van der Waals surface area contributed by atoms with Crippen molar-refractivity contribution in [3.05, 3.63) is 17.5 Å². The lowest BCUT2D eigenvalue weighted by Crippen LogP contribution is -2.10. The largest absolute Gasteiger partial charge is 0.461 e. The third kappa shape index (κ3) is 2.58. The Labute approximate surface area is 93.1 Å². The maximum atomic E-state index is 11.5. The number of nitriles is 1. The highest BCUT2D eigenvalue weighted by Gasteiger charge is 2.22. The molecule has 0 spiro atoms. The second-order valence-corrected chi connectivity index (χ2v) is 3.21. The molecule has 0 aliphatic heterocycles. The van der Waals surface area contributed by atoms with E-state index in [1.54, 1.807) is 14.0 Å². The molecular weight excluding hydrogens is 210 g/mol. The Balaban J connectivity index is 3.00. The normalized spacial score (nSPS) is 11.9. The summed E-state index contributed by atoms with van der Waals surface area (Å²) in [7, 11) is 1.63. The van der Waals surface area contributed by atoms with Crippen molar-refractivity contribution in [2.24, 2.45) is 7.05 Å². The second-order valence-electron chi connectivity index (χ2n) is 3.21. The van der Waals surface area contributed by atoms with Crippen molar-refractivity contribution in [2.75, 3.05) is 6.61 Å². The van der Waals surface area contributed by atoms with Gasteiger partial charge in [0.25, 0.3) is 0 Å². The molecule has 1 unspecified atom stereocenters. The van der Waals surface area contributed by atoms with Gasteiger partial charge in [0.05, 0.1) is 25.2 Å². The number of carbonyl (C=O) groups is 1. The molecule has 0 amide bonds. The van der Waals surface area contributed by atoms with Crippen molar-refractivity contribution < 1.29 is 14.6 Å².